The summed E-state index contributed by atoms with van der Waals surface area (Å²) in [5.41, 5.74) is 9.12. The van der Waals surface area contributed by atoms with Gasteiger partial charge in [-0.25, -0.2) is 0 Å². The molecule has 0 aliphatic heterocycles. The quantitative estimate of drug-likeness (QED) is 0.751. The van der Waals surface area contributed by atoms with Crippen LogP contribution in [0.4, 0.5) is 0 Å². The molecule has 1 heteroatoms. The van der Waals surface area contributed by atoms with Gasteiger partial charge >= 0.3 is 0 Å². The summed E-state index contributed by atoms with van der Waals surface area (Å²) >= 11 is 0. The van der Waals surface area contributed by atoms with Gasteiger partial charge in [-0.2, -0.15) is 0 Å². The Morgan fingerprint density at radius 1 is 1.29 bits per heavy atom. The standard InChI is InChI=1S/C16H19N/c1-3-5-9-14(4-2)12-13-16(17)15-10-7-6-8-11-15/h3-11,13H,1,12,17H2,2H3/b9-5-,14-4+,16-13-. The van der Waals surface area contributed by atoms with Crippen molar-refractivity contribution < 1.29 is 0 Å². The topological polar surface area (TPSA) is 26.0 Å². The van der Waals surface area contributed by atoms with Gasteiger partial charge in [-0.3, -0.25) is 0 Å². The van der Waals surface area contributed by atoms with E-state index in [9.17, 15) is 0 Å². The van der Waals surface area contributed by atoms with Crippen LogP contribution in [0, 0.1) is 0 Å². The van der Waals surface area contributed by atoms with E-state index in [-0.39, 0.29) is 0 Å². The van der Waals surface area contributed by atoms with Crippen LogP contribution in [0.1, 0.15) is 18.9 Å². The van der Waals surface area contributed by atoms with Crippen LogP contribution < -0.4 is 5.73 Å². The van der Waals surface area contributed by atoms with Crippen LogP contribution in [0.15, 0.2) is 72.9 Å². The van der Waals surface area contributed by atoms with Crippen molar-refractivity contribution in [1.82, 2.24) is 0 Å². The van der Waals surface area contributed by atoms with Gasteiger partial charge in [0.25, 0.3) is 0 Å². The maximum atomic E-state index is 6.02. The third kappa shape index (κ3) is 4.56. The molecule has 0 amide bonds. The lowest BCUT2D eigenvalue weighted by atomic mass is 10.1. The Kier molecular flexibility index (Phi) is 5.59. The van der Waals surface area contributed by atoms with Gasteiger partial charge < -0.3 is 5.73 Å². The average molecular weight is 225 g/mol. The molecule has 0 aliphatic carbocycles. The molecule has 0 aromatic heterocycles. The lowest BCUT2D eigenvalue weighted by Gasteiger charge is -2.02. The van der Waals surface area contributed by atoms with Crippen LogP contribution in [-0.4, -0.2) is 0 Å². The first-order valence-corrected chi connectivity index (χ1v) is 5.73. The molecule has 0 spiro atoms. The van der Waals surface area contributed by atoms with E-state index in [1.54, 1.807) is 6.08 Å². The highest BCUT2D eigenvalue weighted by Gasteiger charge is 1.94. The summed E-state index contributed by atoms with van der Waals surface area (Å²) in [7, 11) is 0. The Morgan fingerprint density at radius 2 is 2.00 bits per heavy atom. The molecule has 0 fully saturated rings. The third-order valence-corrected chi connectivity index (χ3v) is 2.48. The van der Waals surface area contributed by atoms with Gasteiger partial charge in [-0.15, -0.1) is 0 Å². The lowest BCUT2D eigenvalue weighted by molar-refractivity contribution is 1.26. The number of nitrogens with two attached hydrogens (primary N) is 1. The minimum absolute atomic E-state index is 0.817. The predicted octanol–water partition coefficient (Wildman–Crippen LogP) is 4.06. The van der Waals surface area contributed by atoms with Crippen molar-refractivity contribution >= 4 is 5.70 Å². The summed E-state index contributed by atoms with van der Waals surface area (Å²) in [6.07, 6.45) is 10.7. The molecule has 0 unspecified atom stereocenters. The fourth-order valence-electron chi connectivity index (χ4n) is 1.45. The van der Waals surface area contributed by atoms with E-state index < -0.39 is 0 Å². The van der Waals surface area contributed by atoms with E-state index in [0.29, 0.717) is 0 Å². The van der Waals surface area contributed by atoms with E-state index in [2.05, 4.69) is 12.7 Å². The first-order chi connectivity index (χ1) is 8.27. The third-order valence-electron chi connectivity index (χ3n) is 2.48. The Balaban J connectivity index is 2.71. The summed E-state index contributed by atoms with van der Waals surface area (Å²) in [5, 5.41) is 0. The van der Waals surface area contributed by atoms with Crippen LogP contribution in [0.25, 0.3) is 5.70 Å². The first-order valence-electron chi connectivity index (χ1n) is 5.73. The molecule has 1 rings (SSSR count). The molecule has 0 radical (unpaired) electrons. The lowest BCUT2D eigenvalue weighted by Crippen LogP contribution is -1.95. The average Bonchev–Trinajstić information content (AvgIpc) is 2.39. The van der Waals surface area contributed by atoms with Crippen LogP contribution in [-0.2, 0) is 0 Å². The molecule has 0 saturated heterocycles. The maximum absolute atomic E-state index is 6.02. The van der Waals surface area contributed by atoms with Crippen molar-refractivity contribution in [1.29, 1.82) is 0 Å². The molecular weight excluding hydrogens is 206 g/mol. The Bertz CT molecular complexity index is 436. The van der Waals surface area contributed by atoms with Crippen LogP contribution in [0.5, 0.6) is 0 Å². The molecule has 0 saturated carbocycles. The van der Waals surface area contributed by atoms with Gasteiger partial charge in [0.05, 0.1) is 0 Å². The smallest absolute Gasteiger partial charge is 0.0350 e. The number of allylic oxidation sites excluding steroid dienone is 6. The Morgan fingerprint density at radius 3 is 2.59 bits per heavy atom. The monoisotopic (exact) mass is 225 g/mol. The Labute approximate surface area is 104 Å². The van der Waals surface area contributed by atoms with E-state index in [4.69, 9.17) is 5.73 Å². The minimum Gasteiger partial charge on any atom is -0.398 e. The molecule has 88 valence electrons. The second kappa shape index (κ2) is 7.29. The zero-order chi connectivity index (χ0) is 12.5. The van der Waals surface area contributed by atoms with Gasteiger partial charge in [0, 0.05) is 5.70 Å². The zero-order valence-corrected chi connectivity index (χ0v) is 10.3. The van der Waals surface area contributed by atoms with E-state index in [1.165, 1.54) is 5.57 Å². The number of rotatable bonds is 5. The summed E-state index contributed by atoms with van der Waals surface area (Å²) < 4.78 is 0. The van der Waals surface area contributed by atoms with Crippen molar-refractivity contribution in [3.63, 3.8) is 0 Å². The highest BCUT2D eigenvalue weighted by Crippen LogP contribution is 2.12. The van der Waals surface area contributed by atoms with Gasteiger partial charge in [-0.05, 0) is 24.5 Å². The Hall–Kier alpha value is -2.02. The first kappa shape index (κ1) is 13.0. The second-order valence-electron chi connectivity index (χ2n) is 3.69. The molecule has 1 aromatic rings. The molecule has 0 aliphatic rings. The van der Waals surface area contributed by atoms with E-state index in [0.717, 1.165) is 17.7 Å². The van der Waals surface area contributed by atoms with Crippen molar-refractivity contribution in [2.24, 2.45) is 5.73 Å². The van der Waals surface area contributed by atoms with Gasteiger partial charge in [0.15, 0.2) is 0 Å². The highest BCUT2D eigenvalue weighted by molar-refractivity contribution is 5.62. The number of hydrogen-bond donors (Lipinski definition) is 1. The van der Waals surface area contributed by atoms with Crippen molar-refractivity contribution in [2.45, 2.75) is 13.3 Å². The molecule has 0 bridgehead atoms. The number of hydrogen-bond acceptors (Lipinski definition) is 1. The minimum atomic E-state index is 0.817. The predicted molar refractivity (Wildman–Crippen MR) is 76.3 cm³/mol. The molecule has 1 nitrogen and oxygen atoms in total. The van der Waals surface area contributed by atoms with Crippen molar-refractivity contribution in [2.75, 3.05) is 0 Å². The molecular formula is C16H19N. The normalized spacial score (nSPS) is 13.0. The maximum Gasteiger partial charge on any atom is 0.0350 e. The zero-order valence-electron chi connectivity index (χ0n) is 10.3. The molecule has 0 atom stereocenters. The fraction of sp³-hybridized carbons (Fsp3) is 0.125. The van der Waals surface area contributed by atoms with E-state index >= 15 is 0 Å². The second-order valence-corrected chi connectivity index (χ2v) is 3.69. The van der Waals surface area contributed by atoms with Gasteiger partial charge in [-0.1, -0.05) is 67.3 Å². The highest BCUT2D eigenvalue weighted by atomic mass is 14.6. The summed E-state index contributed by atoms with van der Waals surface area (Å²) in [6, 6.07) is 10.00. The number of benzene rings is 1. The van der Waals surface area contributed by atoms with E-state index in [1.807, 2.05) is 55.5 Å². The van der Waals surface area contributed by atoms with Crippen LogP contribution >= 0.6 is 0 Å². The summed E-state index contributed by atoms with van der Waals surface area (Å²) in [6.45, 7) is 5.68. The van der Waals surface area contributed by atoms with Crippen LogP contribution in [0.2, 0.25) is 0 Å². The summed E-state index contributed by atoms with van der Waals surface area (Å²) in [5.74, 6) is 0. The molecule has 1 aromatic carbocycles. The van der Waals surface area contributed by atoms with Crippen molar-refractivity contribution in [3.05, 3.63) is 78.4 Å². The van der Waals surface area contributed by atoms with Gasteiger partial charge in [0.1, 0.15) is 0 Å². The molecule has 0 heterocycles. The largest absolute Gasteiger partial charge is 0.398 e. The van der Waals surface area contributed by atoms with Crippen LogP contribution in [0.3, 0.4) is 0 Å². The molecule has 17 heavy (non-hydrogen) atoms. The SMILES string of the molecule is C=C/C=C\C(=C/C)C/C=C(\N)c1ccccc1. The van der Waals surface area contributed by atoms with Gasteiger partial charge in [0.2, 0.25) is 0 Å². The molecule has 2 N–H and O–H groups in total. The van der Waals surface area contributed by atoms with Crippen molar-refractivity contribution in [3.8, 4) is 0 Å². The fourth-order valence-corrected chi connectivity index (χ4v) is 1.45. The summed E-state index contributed by atoms with van der Waals surface area (Å²) in [4.78, 5) is 0.